The Hall–Kier alpha value is -0.620. The molecule has 0 aromatic rings. The molecule has 1 unspecified atom stereocenters. The van der Waals surface area contributed by atoms with Crippen LogP contribution in [0.25, 0.3) is 0 Å². The van der Waals surface area contributed by atoms with Gasteiger partial charge in [-0.3, -0.25) is 4.79 Å². The summed E-state index contributed by atoms with van der Waals surface area (Å²) in [6.07, 6.45) is 2.23. The molecule has 1 rings (SSSR count). The van der Waals surface area contributed by atoms with Crippen molar-refractivity contribution in [2.75, 3.05) is 18.1 Å². The Kier molecular flexibility index (Phi) is 4.10. The van der Waals surface area contributed by atoms with E-state index in [4.69, 9.17) is 5.73 Å². The second-order valence-corrected chi connectivity index (χ2v) is 6.34. The summed E-state index contributed by atoms with van der Waals surface area (Å²) in [6.45, 7) is 1.90. The lowest BCUT2D eigenvalue weighted by Gasteiger charge is -2.11. The third-order valence-electron chi connectivity index (χ3n) is 2.55. The average molecular weight is 234 g/mol. The molecule has 1 atom stereocenters. The minimum atomic E-state index is -3.22. The Labute approximate surface area is 90.3 Å². The number of sulfone groups is 1. The van der Waals surface area contributed by atoms with Gasteiger partial charge in [-0.05, 0) is 18.8 Å². The van der Waals surface area contributed by atoms with Gasteiger partial charge in [0, 0.05) is 18.3 Å². The molecule has 15 heavy (non-hydrogen) atoms. The number of carbonyl (C=O) groups excluding carboxylic acids is 1. The molecule has 1 amide bonds. The first kappa shape index (κ1) is 12.4. The van der Waals surface area contributed by atoms with Crippen molar-refractivity contribution in [3.63, 3.8) is 0 Å². The van der Waals surface area contributed by atoms with Gasteiger partial charge in [-0.15, -0.1) is 0 Å². The van der Waals surface area contributed by atoms with E-state index in [1.807, 2.05) is 0 Å². The van der Waals surface area contributed by atoms with Crippen molar-refractivity contribution >= 4 is 15.7 Å². The van der Waals surface area contributed by atoms with Crippen molar-refractivity contribution in [2.45, 2.75) is 25.8 Å². The van der Waals surface area contributed by atoms with E-state index >= 15 is 0 Å². The molecule has 0 heterocycles. The normalized spacial score (nSPS) is 18.5. The fourth-order valence-corrected chi connectivity index (χ4v) is 1.98. The van der Waals surface area contributed by atoms with Crippen molar-refractivity contribution in [3.05, 3.63) is 0 Å². The molecule has 0 radical (unpaired) electrons. The molecule has 3 N–H and O–H groups in total. The number of nitrogens with one attached hydrogen (secondary N) is 1. The first-order valence-electron chi connectivity index (χ1n) is 5.17. The first-order valence-corrected chi connectivity index (χ1v) is 6.99. The van der Waals surface area contributed by atoms with Gasteiger partial charge in [0.05, 0.1) is 0 Å². The Balaban J connectivity index is 2.23. The van der Waals surface area contributed by atoms with Crippen LogP contribution in [-0.4, -0.2) is 38.4 Å². The van der Waals surface area contributed by atoms with Crippen LogP contribution in [0.15, 0.2) is 0 Å². The van der Waals surface area contributed by atoms with Gasteiger partial charge in [-0.2, -0.15) is 0 Å². The highest BCUT2D eigenvalue weighted by atomic mass is 32.2. The summed E-state index contributed by atoms with van der Waals surface area (Å²) in [5, 5.41) is 2.55. The molecule has 6 heteroatoms. The molecule has 1 fully saturated rings. The monoisotopic (exact) mass is 234 g/mol. The summed E-state index contributed by atoms with van der Waals surface area (Å²) in [5.74, 6) is -0.378. The summed E-state index contributed by atoms with van der Waals surface area (Å²) < 4.78 is 22.2. The zero-order chi connectivity index (χ0) is 11.5. The van der Waals surface area contributed by atoms with Crippen LogP contribution < -0.4 is 11.1 Å². The molecule has 0 aromatic carbocycles. The molecule has 0 bridgehead atoms. The number of carbonyl (C=O) groups is 1. The number of amides is 1. The smallest absolute Gasteiger partial charge is 0.235 e. The van der Waals surface area contributed by atoms with Crippen LogP contribution in [0.4, 0.5) is 0 Å². The molecule has 1 aliphatic rings. The molecule has 0 aromatic heterocycles. The van der Waals surface area contributed by atoms with Gasteiger partial charge in [0.15, 0.2) is 9.84 Å². The zero-order valence-electron chi connectivity index (χ0n) is 8.90. The predicted molar refractivity (Wildman–Crippen MR) is 58.0 cm³/mol. The highest BCUT2D eigenvalue weighted by Crippen LogP contribution is 2.31. The highest BCUT2D eigenvalue weighted by Gasteiger charge is 2.28. The maximum atomic E-state index is 11.2. The summed E-state index contributed by atoms with van der Waals surface area (Å²) in [4.78, 5) is 11.2. The van der Waals surface area contributed by atoms with E-state index < -0.39 is 21.5 Å². The summed E-state index contributed by atoms with van der Waals surface area (Å²) in [7, 11) is -3.22. The van der Waals surface area contributed by atoms with Crippen LogP contribution in [0.5, 0.6) is 0 Å². The molecule has 5 nitrogen and oxygen atoms in total. The van der Waals surface area contributed by atoms with Crippen molar-refractivity contribution < 1.29 is 13.2 Å². The summed E-state index contributed by atoms with van der Waals surface area (Å²) in [6, 6.07) is -0.0294. The Bertz CT molecular complexity index is 322. The minimum Gasteiger partial charge on any atom is -0.354 e. The Morgan fingerprint density at radius 2 is 2.13 bits per heavy atom. The molecule has 88 valence electrons. The third-order valence-corrected chi connectivity index (χ3v) is 4.13. The summed E-state index contributed by atoms with van der Waals surface area (Å²) >= 11 is 0. The van der Waals surface area contributed by atoms with Gasteiger partial charge >= 0.3 is 0 Å². The molecule has 1 aliphatic carbocycles. The van der Waals surface area contributed by atoms with Crippen LogP contribution >= 0.6 is 0 Å². The van der Waals surface area contributed by atoms with E-state index in [-0.39, 0.29) is 11.8 Å². The van der Waals surface area contributed by atoms with E-state index in [2.05, 4.69) is 5.32 Å². The molecule has 0 saturated heterocycles. The highest BCUT2D eigenvalue weighted by molar-refractivity contribution is 7.92. The van der Waals surface area contributed by atoms with E-state index in [1.165, 1.54) is 6.92 Å². The van der Waals surface area contributed by atoms with Crippen molar-refractivity contribution in [1.82, 2.24) is 5.32 Å². The van der Waals surface area contributed by atoms with Crippen LogP contribution in [0, 0.1) is 5.92 Å². The Morgan fingerprint density at radius 3 is 2.60 bits per heavy atom. The lowest BCUT2D eigenvalue weighted by molar-refractivity contribution is -0.118. The van der Waals surface area contributed by atoms with Gasteiger partial charge in [-0.1, -0.05) is 6.92 Å². The van der Waals surface area contributed by atoms with Crippen molar-refractivity contribution in [2.24, 2.45) is 11.7 Å². The first-order chi connectivity index (χ1) is 6.94. The molecule has 1 saturated carbocycles. The SMILES string of the molecule is CCS(=O)(=O)CC(=O)NCC(N)C1CC1. The van der Waals surface area contributed by atoms with Gasteiger partial charge in [-0.25, -0.2) is 8.42 Å². The van der Waals surface area contributed by atoms with E-state index in [9.17, 15) is 13.2 Å². The van der Waals surface area contributed by atoms with E-state index in [0.29, 0.717) is 12.5 Å². The van der Waals surface area contributed by atoms with E-state index in [1.54, 1.807) is 0 Å². The molecular formula is C9H18N2O3S. The lowest BCUT2D eigenvalue weighted by Crippen LogP contribution is -2.40. The van der Waals surface area contributed by atoms with Crippen molar-refractivity contribution in [3.8, 4) is 0 Å². The maximum Gasteiger partial charge on any atom is 0.235 e. The second-order valence-electron chi connectivity index (χ2n) is 3.98. The van der Waals surface area contributed by atoms with Crippen molar-refractivity contribution in [1.29, 1.82) is 0 Å². The largest absolute Gasteiger partial charge is 0.354 e. The number of nitrogens with two attached hydrogens (primary N) is 1. The van der Waals surface area contributed by atoms with Gasteiger partial charge in [0.2, 0.25) is 5.91 Å². The number of rotatable bonds is 6. The van der Waals surface area contributed by atoms with Gasteiger partial charge in [0.1, 0.15) is 5.75 Å². The van der Waals surface area contributed by atoms with E-state index in [0.717, 1.165) is 12.8 Å². The fraction of sp³-hybridized carbons (Fsp3) is 0.889. The van der Waals surface area contributed by atoms with Gasteiger partial charge in [0.25, 0.3) is 0 Å². The lowest BCUT2D eigenvalue weighted by atomic mass is 10.2. The predicted octanol–water partition coefficient (Wildman–Crippen LogP) is -0.725. The quantitative estimate of drug-likeness (QED) is 0.634. The second kappa shape index (κ2) is 4.94. The summed E-state index contributed by atoms with van der Waals surface area (Å²) in [5.41, 5.74) is 5.76. The topological polar surface area (TPSA) is 89.3 Å². The van der Waals surface area contributed by atoms with Crippen LogP contribution in [0.1, 0.15) is 19.8 Å². The van der Waals surface area contributed by atoms with Gasteiger partial charge < -0.3 is 11.1 Å². The van der Waals surface area contributed by atoms with Crippen LogP contribution in [0.3, 0.4) is 0 Å². The average Bonchev–Trinajstić information content (AvgIpc) is 2.96. The van der Waals surface area contributed by atoms with Crippen LogP contribution in [-0.2, 0) is 14.6 Å². The minimum absolute atomic E-state index is 0.00486. The van der Waals surface area contributed by atoms with Crippen LogP contribution in [0.2, 0.25) is 0 Å². The number of hydrogen-bond acceptors (Lipinski definition) is 4. The number of hydrogen-bond donors (Lipinski definition) is 2. The maximum absolute atomic E-state index is 11.2. The Morgan fingerprint density at radius 1 is 1.53 bits per heavy atom. The molecular weight excluding hydrogens is 216 g/mol. The third kappa shape index (κ3) is 4.61. The fourth-order valence-electron chi connectivity index (χ4n) is 1.28. The zero-order valence-corrected chi connectivity index (χ0v) is 9.72. The standard InChI is InChI=1S/C9H18N2O3S/c1-2-15(13,14)6-9(12)11-5-8(10)7-3-4-7/h7-8H,2-6,10H2,1H3,(H,11,12). The molecule has 0 spiro atoms. The molecule has 0 aliphatic heterocycles.